The van der Waals surface area contributed by atoms with Crippen LogP contribution in [0, 0.1) is 0 Å². The average molecular weight is 538 g/mol. The number of hydrogen-bond donors (Lipinski definition) is 1. The molecule has 0 unspecified atom stereocenters. The van der Waals surface area contributed by atoms with Crippen molar-refractivity contribution in [3.05, 3.63) is 59.0 Å². The Morgan fingerprint density at radius 2 is 1.76 bits per heavy atom. The van der Waals surface area contributed by atoms with Gasteiger partial charge in [-0.1, -0.05) is 12.1 Å². The molecule has 2 amide bonds. The van der Waals surface area contributed by atoms with Crippen molar-refractivity contribution >= 4 is 49.9 Å². The van der Waals surface area contributed by atoms with Gasteiger partial charge in [-0.25, -0.2) is 9.78 Å². The van der Waals surface area contributed by atoms with E-state index in [2.05, 4.69) is 5.32 Å². The maximum atomic E-state index is 12.9. The van der Waals surface area contributed by atoms with Crippen LogP contribution in [0.4, 0.5) is 9.80 Å². The first-order valence-corrected chi connectivity index (χ1v) is 13.8. The van der Waals surface area contributed by atoms with Crippen molar-refractivity contribution in [3.8, 4) is 22.1 Å². The lowest BCUT2D eigenvalue weighted by Crippen LogP contribution is -2.35. The number of thiophene rings is 1. The summed E-state index contributed by atoms with van der Waals surface area (Å²) in [6, 6.07) is 15.2. The molecule has 192 valence electrons. The normalized spacial score (nSPS) is 12.8. The summed E-state index contributed by atoms with van der Waals surface area (Å²) in [6.07, 6.45) is 0.339. The first kappa shape index (κ1) is 25.0. The fourth-order valence-corrected chi connectivity index (χ4v) is 6.57. The van der Waals surface area contributed by atoms with E-state index in [4.69, 9.17) is 19.2 Å². The molecular weight excluding hydrogens is 510 g/mol. The Labute approximate surface area is 222 Å². The van der Waals surface area contributed by atoms with Crippen LogP contribution in [0.25, 0.3) is 20.8 Å². The van der Waals surface area contributed by atoms with E-state index in [1.54, 1.807) is 35.3 Å². The highest BCUT2D eigenvalue weighted by molar-refractivity contribution is 7.22. The number of carbonyl (C=O) groups is 2. The number of fused-ring (bicyclic) bond motifs is 2. The Hall–Kier alpha value is -3.63. The highest BCUT2D eigenvalue weighted by Gasteiger charge is 2.30. The standard InChI is InChI=1S/C27H27N3O5S2/c1-3-33-17-9-11-18(12-10-17)35-16-23(31)29-26-24(25-28-20-7-5-6-8-21(20)36-25)19-13-14-30(15-22(19)37-26)27(32)34-4-2/h5-12H,3-4,13-16H2,1-2H3,(H,29,31). The van der Waals surface area contributed by atoms with Crippen molar-refractivity contribution in [2.24, 2.45) is 0 Å². The molecule has 1 aliphatic heterocycles. The molecule has 1 N–H and O–H groups in total. The number of benzene rings is 2. The van der Waals surface area contributed by atoms with Crippen LogP contribution in [0.1, 0.15) is 24.3 Å². The van der Waals surface area contributed by atoms with E-state index in [9.17, 15) is 9.59 Å². The van der Waals surface area contributed by atoms with Gasteiger partial charge in [-0.3, -0.25) is 4.79 Å². The van der Waals surface area contributed by atoms with Crippen LogP contribution in [0.2, 0.25) is 0 Å². The highest BCUT2D eigenvalue weighted by atomic mass is 32.1. The maximum absolute atomic E-state index is 12.9. The largest absolute Gasteiger partial charge is 0.494 e. The zero-order chi connectivity index (χ0) is 25.8. The first-order valence-electron chi connectivity index (χ1n) is 12.1. The molecule has 10 heteroatoms. The van der Waals surface area contributed by atoms with Gasteiger partial charge in [0.15, 0.2) is 6.61 Å². The molecule has 0 saturated carbocycles. The van der Waals surface area contributed by atoms with E-state index >= 15 is 0 Å². The Kier molecular flexibility index (Phi) is 7.57. The van der Waals surface area contributed by atoms with Gasteiger partial charge in [-0.2, -0.15) is 0 Å². The van der Waals surface area contributed by atoms with Crippen LogP contribution in [-0.4, -0.2) is 48.2 Å². The molecule has 0 bridgehead atoms. The van der Waals surface area contributed by atoms with Gasteiger partial charge in [0, 0.05) is 17.0 Å². The number of rotatable bonds is 8. The maximum Gasteiger partial charge on any atom is 0.410 e. The Morgan fingerprint density at radius 3 is 2.49 bits per heavy atom. The van der Waals surface area contributed by atoms with Crippen molar-refractivity contribution in [1.29, 1.82) is 0 Å². The number of thiazole rings is 1. The van der Waals surface area contributed by atoms with Gasteiger partial charge in [0.2, 0.25) is 0 Å². The van der Waals surface area contributed by atoms with Crippen molar-refractivity contribution in [3.63, 3.8) is 0 Å². The molecule has 2 aromatic carbocycles. The van der Waals surface area contributed by atoms with Gasteiger partial charge >= 0.3 is 6.09 Å². The lowest BCUT2D eigenvalue weighted by Gasteiger charge is -2.26. The van der Waals surface area contributed by atoms with E-state index < -0.39 is 0 Å². The average Bonchev–Trinajstić information content (AvgIpc) is 3.48. The van der Waals surface area contributed by atoms with Crippen molar-refractivity contribution in [1.82, 2.24) is 9.88 Å². The highest BCUT2D eigenvalue weighted by Crippen LogP contribution is 2.45. The molecule has 0 spiro atoms. The van der Waals surface area contributed by atoms with Crippen molar-refractivity contribution < 1.29 is 23.8 Å². The quantitative estimate of drug-likeness (QED) is 0.299. The number of anilines is 1. The third kappa shape index (κ3) is 5.55. The molecule has 0 saturated heterocycles. The summed E-state index contributed by atoms with van der Waals surface area (Å²) in [6.45, 7) is 5.50. The molecule has 8 nitrogen and oxygen atoms in total. The van der Waals surface area contributed by atoms with Gasteiger partial charge in [0.25, 0.3) is 5.91 Å². The summed E-state index contributed by atoms with van der Waals surface area (Å²) in [7, 11) is 0. The smallest absolute Gasteiger partial charge is 0.410 e. The summed E-state index contributed by atoms with van der Waals surface area (Å²) in [5.41, 5.74) is 2.97. The fourth-order valence-electron chi connectivity index (χ4n) is 4.18. The topological polar surface area (TPSA) is 90.0 Å². The Balaban J connectivity index is 1.38. The van der Waals surface area contributed by atoms with Gasteiger partial charge in [0.1, 0.15) is 21.5 Å². The van der Waals surface area contributed by atoms with Crippen LogP contribution in [0.15, 0.2) is 48.5 Å². The first-order chi connectivity index (χ1) is 18.1. The third-order valence-corrected chi connectivity index (χ3v) is 8.03. The van der Waals surface area contributed by atoms with Gasteiger partial charge in [-0.15, -0.1) is 22.7 Å². The monoisotopic (exact) mass is 537 g/mol. The number of aromatic nitrogens is 1. The second-order valence-electron chi connectivity index (χ2n) is 8.31. The number of nitrogens with zero attached hydrogens (tertiary/aromatic N) is 2. The van der Waals surface area contributed by atoms with E-state index in [-0.39, 0.29) is 18.6 Å². The number of ether oxygens (including phenoxy) is 3. The number of hydrogen-bond acceptors (Lipinski definition) is 8. The fraction of sp³-hybridized carbons (Fsp3) is 0.296. The second-order valence-corrected chi connectivity index (χ2v) is 10.4. The SMILES string of the molecule is CCOC(=O)N1CCc2c(sc(NC(=O)COc3ccc(OCC)cc3)c2-c2nc3ccccc3s2)C1. The Bertz CT molecular complexity index is 1380. The molecule has 5 rings (SSSR count). The molecule has 0 atom stereocenters. The van der Waals surface area contributed by atoms with E-state index in [1.165, 1.54) is 11.3 Å². The summed E-state index contributed by atoms with van der Waals surface area (Å²) in [4.78, 5) is 32.9. The molecule has 2 aromatic heterocycles. The zero-order valence-electron chi connectivity index (χ0n) is 20.6. The summed E-state index contributed by atoms with van der Waals surface area (Å²) >= 11 is 3.07. The molecule has 0 aliphatic carbocycles. The molecular formula is C27H27N3O5S2. The predicted molar refractivity (Wildman–Crippen MR) is 146 cm³/mol. The molecule has 0 radical (unpaired) electrons. The predicted octanol–water partition coefficient (Wildman–Crippen LogP) is 5.96. The second kappa shape index (κ2) is 11.2. The van der Waals surface area contributed by atoms with E-state index in [0.29, 0.717) is 38.5 Å². The number of carbonyl (C=O) groups excluding carboxylic acids is 2. The molecule has 37 heavy (non-hydrogen) atoms. The van der Waals surface area contributed by atoms with Crippen LogP contribution < -0.4 is 14.8 Å². The lowest BCUT2D eigenvalue weighted by molar-refractivity contribution is -0.118. The number of amides is 2. The minimum absolute atomic E-state index is 0.134. The minimum Gasteiger partial charge on any atom is -0.494 e. The van der Waals surface area contributed by atoms with Crippen LogP contribution in [0.5, 0.6) is 11.5 Å². The third-order valence-electron chi connectivity index (χ3n) is 5.85. The van der Waals surface area contributed by atoms with Crippen LogP contribution >= 0.6 is 22.7 Å². The van der Waals surface area contributed by atoms with E-state index in [0.717, 1.165) is 42.0 Å². The Morgan fingerprint density at radius 1 is 1.00 bits per heavy atom. The van der Waals surface area contributed by atoms with Gasteiger partial charge in [-0.05, 0) is 62.2 Å². The van der Waals surface area contributed by atoms with Crippen molar-refractivity contribution in [2.75, 3.05) is 31.7 Å². The summed E-state index contributed by atoms with van der Waals surface area (Å²) in [5, 5.41) is 4.61. The molecule has 4 aromatic rings. The van der Waals surface area contributed by atoms with E-state index in [1.807, 2.05) is 43.3 Å². The van der Waals surface area contributed by atoms with Gasteiger partial charge < -0.3 is 24.4 Å². The van der Waals surface area contributed by atoms with Gasteiger partial charge in [0.05, 0.1) is 30.0 Å². The van der Waals surface area contributed by atoms with Crippen LogP contribution in [0.3, 0.4) is 0 Å². The molecule has 1 aliphatic rings. The number of para-hydroxylation sites is 1. The minimum atomic E-state index is -0.322. The van der Waals surface area contributed by atoms with Crippen LogP contribution in [-0.2, 0) is 22.5 Å². The molecule has 0 fully saturated rings. The zero-order valence-corrected chi connectivity index (χ0v) is 22.2. The van der Waals surface area contributed by atoms with Crippen molar-refractivity contribution in [2.45, 2.75) is 26.8 Å². The number of nitrogens with one attached hydrogen (secondary N) is 1. The molecule has 3 heterocycles. The lowest BCUT2D eigenvalue weighted by atomic mass is 10.0. The summed E-state index contributed by atoms with van der Waals surface area (Å²) < 4.78 is 17.4. The summed E-state index contributed by atoms with van der Waals surface area (Å²) in [5.74, 6) is 1.07.